The Morgan fingerprint density at radius 1 is 1.10 bits per heavy atom. The van der Waals surface area contributed by atoms with Crippen molar-refractivity contribution in [3.8, 4) is 0 Å². The smallest absolute Gasteiger partial charge is 0.416 e. The lowest BCUT2D eigenvalue weighted by Gasteiger charge is -2.05. The van der Waals surface area contributed by atoms with Gasteiger partial charge >= 0.3 is 6.18 Å². The van der Waals surface area contributed by atoms with Gasteiger partial charge in [0.15, 0.2) is 5.76 Å². The Kier molecular flexibility index (Phi) is 3.79. The minimum Gasteiger partial charge on any atom is -0.458 e. The van der Waals surface area contributed by atoms with Crippen LogP contribution >= 0.6 is 0 Å². The summed E-state index contributed by atoms with van der Waals surface area (Å²) in [6.07, 6.45) is -1.65. The van der Waals surface area contributed by atoms with Gasteiger partial charge < -0.3 is 4.42 Å². The van der Waals surface area contributed by atoms with Gasteiger partial charge in [-0.05, 0) is 42.8 Å². The van der Waals surface area contributed by atoms with Crippen LogP contribution in [-0.4, -0.2) is 5.78 Å². The summed E-state index contributed by atoms with van der Waals surface area (Å²) in [5, 5.41) is 0. The number of rotatable bonds is 3. The Hall–Kier alpha value is -2.30. The summed E-state index contributed by atoms with van der Waals surface area (Å²) in [6, 6.07) is 7.77. The number of hydrogen-bond acceptors (Lipinski definition) is 2. The molecule has 0 bridgehead atoms. The molecule has 0 aliphatic heterocycles. The normalized spacial score (nSPS) is 12.0. The molecule has 0 amide bonds. The second-order valence-corrected chi connectivity index (χ2v) is 4.23. The maximum atomic E-state index is 12.4. The molecular formula is C15H11F3O2. The average molecular weight is 280 g/mol. The molecule has 2 rings (SSSR count). The zero-order chi connectivity index (χ0) is 14.8. The van der Waals surface area contributed by atoms with E-state index in [9.17, 15) is 18.0 Å². The Morgan fingerprint density at radius 2 is 1.75 bits per heavy atom. The van der Waals surface area contributed by atoms with E-state index in [1.165, 1.54) is 24.3 Å². The van der Waals surface area contributed by atoms with Gasteiger partial charge in [0.25, 0.3) is 0 Å². The van der Waals surface area contributed by atoms with Gasteiger partial charge in [-0.15, -0.1) is 0 Å². The van der Waals surface area contributed by atoms with Crippen molar-refractivity contribution < 1.29 is 22.4 Å². The SMILES string of the molecule is Cc1ccc(C(=O)C=Cc2ccc(C(F)(F)F)cc2)o1. The first kappa shape index (κ1) is 14.1. The minimum absolute atomic E-state index is 0.200. The van der Waals surface area contributed by atoms with Crippen molar-refractivity contribution in [2.45, 2.75) is 13.1 Å². The molecule has 2 aromatic rings. The monoisotopic (exact) mass is 280 g/mol. The van der Waals surface area contributed by atoms with Crippen LogP contribution in [0.25, 0.3) is 6.08 Å². The highest BCUT2D eigenvalue weighted by Crippen LogP contribution is 2.29. The van der Waals surface area contributed by atoms with E-state index in [4.69, 9.17) is 4.42 Å². The number of carbonyl (C=O) groups is 1. The first-order valence-corrected chi connectivity index (χ1v) is 5.82. The van der Waals surface area contributed by atoms with Gasteiger partial charge in [-0.2, -0.15) is 13.2 Å². The van der Waals surface area contributed by atoms with E-state index in [1.807, 2.05) is 0 Å². The zero-order valence-electron chi connectivity index (χ0n) is 10.6. The van der Waals surface area contributed by atoms with Gasteiger partial charge in [-0.1, -0.05) is 18.2 Å². The van der Waals surface area contributed by atoms with Crippen LogP contribution < -0.4 is 0 Å². The summed E-state index contributed by atoms with van der Waals surface area (Å²) in [7, 11) is 0. The van der Waals surface area contributed by atoms with Gasteiger partial charge in [-0.3, -0.25) is 4.79 Å². The highest BCUT2D eigenvalue weighted by Gasteiger charge is 2.29. The standard InChI is InChI=1S/C15H11F3O2/c1-10-2-9-14(20-10)13(19)8-5-11-3-6-12(7-4-11)15(16,17)18/h2-9H,1H3. The molecule has 5 heteroatoms. The molecule has 104 valence electrons. The average Bonchev–Trinajstić information content (AvgIpc) is 2.82. The maximum Gasteiger partial charge on any atom is 0.416 e. The fourth-order valence-corrected chi connectivity index (χ4v) is 1.60. The summed E-state index contributed by atoms with van der Waals surface area (Å²) in [6.45, 7) is 1.72. The molecule has 20 heavy (non-hydrogen) atoms. The van der Waals surface area contributed by atoms with Gasteiger partial charge in [0.05, 0.1) is 5.56 Å². The van der Waals surface area contributed by atoms with Crippen LogP contribution in [0.1, 0.15) is 27.4 Å². The number of allylic oxidation sites excluding steroid dienone is 1. The Morgan fingerprint density at radius 3 is 2.25 bits per heavy atom. The summed E-state index contributed by atoms with van der Waals surface area (Å²) < 4.78 is 42.3. The largest absolute Gasteiger partial charge is 0.458 e. The van der Waals surface area contributed by atoms with Crippen LogP contribution in [0.2, 0.25) is 0 Å². The molecule has 0 aliphatic carbocycles. The van der Waals surface area contributed by atoms with E-state index < -0.39 is 11.7 Å². The Bertz CT molecular complexity index is 634. The number of hydrogen-bond donors (Lipinski definition) is 0. The molecule has 0 aliphatic rings. The van der Waals surface area contributed by atoms with Crippen LogP contribution in [0.3, 0.4) is 0 Å². The van der Waals surface area contributed by atoms with Crippen LogP contribution in [0.4, 0.5) is 13.2 Å². The Balaban J connectivity index is 2.10. The van der Waals surface area contributed by atoms with Crippen molar-refractivity contribution in [3.05, 3.63) is 65.1 Å². The number of halogens is 3. The van der Waals surface area contributed by atoms with Crippen LogP contribution in [0.15, 0.2) is 46.9 Å². The third kappa shape index (κ3) is 3.38. The third-order valence-corrected chi connectivity index (χ3v) is 2.65. The third-order valence-electron chi connectivity index (χ3n) is 2.65. The quantitative estimate of drug-likeness (QED) is 0.612. The lowest BCUT2D eigenvalue weighted by atomic mass is 10.1. The molecule has 1 heterocycles. The van der Waals surface area contributed by atoms with Crippen molar-refractivity contribution in [2.75, 3.05) is 0 Å². The minimum atomic E-state index is -4.36. The van der Waals surface area contributed by atoms with E-state index in [1.54, 1.807) is 19.1 Å². The van der Waals surface area contributed by atoms with Crippen LogP contribution in [-0.2, 0) is 6.18 Å². The molecule has 1 aromatic heterocycles. The summed E-state index contributed by atoms with van der Waals surface area (Å²) >= 11 is 0. The molecule has 0 unspecified atom stereocenters. The first-order valence-electron chi connectivity index (χ1n) is 5.82. The van der Waals surface area contributed by atoms with Crippen molar-refractivity contribution in [3.63, 3.8) is 0 Å². The molecule has 0 atom stereocenters. The van der Waals surface area contributed by atoms with E-state index in [0.29, 0.717) is 11.3 Å². The van der Waals surface area contributed by atoms with Gasteiger partial charge in [0, 0.05) is 0 Å². The second kappa shape index (κ2) is 5.36. The van der Waals surface area contributed by atoms with E-state index >= 15 is 0 Å². The van der Waals surface area contributed by atoms with Gasteiger partial charge in [0.2, 0.25) is 5.78 Å². The molecule has 0 saturated carbocycles. The van der Waals surface area contributed by atoms with Crippen molar-refractivity contribution >= 4 is 11.9 Å². The maximum absolute atomic E-state index is 12.4. The summed E-state index contributed by atoms with van der Waals surface area (Å²) in [5.41, 5.74) is -0.211. The van der Waals surface area contributed by atoms with Gasteiger partial charge in [-0.25, -0.2) is 0 Å². The molecule has 0 N–H and O–H groups in total. The number of benzene rings is 1. The lowest BCUT2D eigenvalue weighted by molar-refractivity contribution is -0.137. The van der Waals surface area contributed by atoms with Crippen molar-refractivity contribution in [2.24, 2.45) is 0 Å². The van der Waals surface area contributed by atoms with Crippen LogP contribution in [0.5, 0.6) is 0 Å². The predicted octanol–water partition coefficient (Wildman–Crippen LogP) is 4.50. The van der Waals surface area contributed by atoms with E-state index in [2.05, 4.69) is 0 Å². The fraction of sp³-hybridized carbons (Fsp3) is 0.133. The molecular weight excluding hydrogens is 269 g/mol. The molecule has 0 saturated heterocycles. The zero-order valence-corrected chi connectivity index (χ0v) is 10.6. The summed E-state index contributed by atoms with van der Waals surface area (Å²) in [4.78, 5) is 11.7. The molecule has 0 spiro atoms. The highest BCUT2D eigenvalue weighted by atomic mass is 19.4. The Labute approximate surface area is 113 Å². The van der Waals surface area contributed by atoms with E-state index in [0.717, 1.165) is 12.1 Å². The van der Waals surface area contributed by atoms with E-state index in [-0.39, 0.29) is 11.5 Å². The number of aryl methyl sites for hydroxylation is 1. The molecule has 0 fully saturated rings. The second-order valence-electron chi connectivity index (χ2n) is 4.23. The lowest BCUT2D eigenvalue weighted by Crippen LogP contribution is -2.04. The topological polar surface area (TPSA) is 30.2 Å². The predicted molar refractivity (Wildman–Crippen MR) is 68.3 cm³/mol. The molecule has 2 nitrogen and oxygen atoms in total. The number of ketones is 1. The first-order chi connectivity index (χ1) is 9.36. The van der Waals surface area contributed by atoms with Crippen LogP contribution in [0, 0.1) is 6.92 Å². The molecule has 1 aromatic carbocycles. The van der Waals surface area contributed by atoms with Gasteiger partial charge in [0.1, 0.15) is 5.76 Å². The molecule has 0 radical (unpaired) electrons. The number of carbonyl (C=O) groups excluding carboxylic acids is 1. The number of alkyl halides is 3. The van der Waals surface area contributed by atoms with Crippen molar-refractivity contribution in [1.82, 2.24) is 0 Å². The fourth-order valence-electron chi connectivity index (χ4n) is 1.60. The number of furan rings is 1. The highest BCUT2D eigenvalue weighted by molar-refractivity contribution is 6.04. The summed E-state index contributed by atoms with van der Waals surface area (Å²) in [5.74, 6) is 0.486. The van der Waals surface area contributed by atoms with Crippen molar-refractivity contribution in [1.29, 1.82) is 0 Å².